The minimum atomic E-state index is 0.00762. The van der Waals surface area contributed by atoms with Gasteiger partial charge < -0.3 is 0 Å². The minimum Gasteiger partial charge on any atom is -0.265 e. The van der Waals surface area contributed by atoms with Gasteiger partial charge in [0.05, 0.1) is 0 Å². The lowest BCUT2D eigenvalue weighted by Gasteiger charge is -2.31. The molecule has 0 amide bonds. The number of hydrogen-bond acceptors (Lipinski definition) is 3. The number of rotatable bonds is 6. The Labute approximate surface area is 274 Å². The Morgan fingerprint density at radius 1 is 0.391 bits per heavy atom. The van der Waals surface area contributed by atoms with Crippen LogP contribution in [0.3, 0.4) is 0 Å². The smallest absolute Gasteiger partial charge is 0.243 e. The van der Waals surface area contributed by atoms with E-state index in [9.17, 15) is 0 Å². The van der Waals surface area contributed by atoms with Gasteiger partial charge in [-0.2, -0.15) is 0 Å². The maximum absolute atomic E-state index is 4.51. The molecule has 0 fully saturated rings. The van der Waals surface area contributed by atoms with Gasteiger partial charge in [0.15, 0.2) is 0 Å². The molecule has 0 radical (unpaired) electrons. The standard InChI is InChI=1S/C42H42BN3/c1-25-20-28(4)40(31(7)37(25)34-14-18-44-19-15-34)43(41-29(5)21-26(2)38(32(41)8)35-12-10-16-45-23-35)42-30(6)22-27(3)39(33(42)9)36-13-11-17-46-24-36/h10-24H,1-9H3. The van der Waals surface area contributed by atoms with Crippen LogP contribution in [-0.2, 0) is 0 Å². The molecule has 0 aliphatic rings. The van der Waals surface area contributed by atoms with E-state index in [1.54, 1.807) is 0 Å². The molecule has 6 aromatic rings. The Morgan fingerprint density at radius 2 is 0.761 bits per heavy atom. The second-order valence-corrected chi connectivity index (χ2v) is 12.9. The number of nitrogens with zero attached hydrogens (tertiary/aromatic N) is 3. The molecule has 46 heavy (non-hydrogen) atoms. The largest absolute Gasteiger partial charge is 0.265 e. The van der Waals surface area contributed by atoms with Crippen molar-refractivity contribution < 1.29 is 0 Å². The lowest BCUT2D eigenvalue weighted by molar-refractivity contribution is 1.29. The summed E-state index contributed by atoms with van der Waals surface area (Å²) >= 11 is 0. The number of hydrogen-bond donors (Lipinski definition) is 0. The van der Waals surface area contributed by atoms with Gasteiger partial charge in [-0.3, -0.25) is 15.0 Å². The first-order chi connectivity index (χ1) is 22.1. The van der Waals surface area contributed by atoms with E-state index in [4.69, 9.17) is 0 Å². The minimum absolute atomic E-state index is 0.00762. The number of aromatic nitrogens is 3. The second-order valence-electron chi connectivity index (χ2n) is 12.9. The summed E-state index contributed by atoms with van der Waals surface area (Å²) < 4.78 is 0. The fourth-order valence-corrected chi connectivity index (χ4v) is 8.24. The van der Waals surface area contributed by atoms with E-state index in [-0.39, 0.29) is 6.71 Å². The van der Waals surface area contributed by atoms with Crippen LogP contribution in [0.2, 0.25) is 0 Å². The molecule has 4 heteroatoms. The van der Waals surface area contributed by atoms with Gasteiger partial charge in [-0.05, 0) is 142 Å². The van der Waals surface area contributed by atoms with Gasteiger partial charge in [-0.1, -0.05) is 63.4 Å². The molecule has 0 aliphatic carbocycles. The lowest BCUT2D eigenvalue weighted by atomic mass is 9.32. The molecule has 0 atom stereocenters. The maximum atomic E-state index is 4.51. The Kier molecular flexibility index (Phi) is 8.48. The third-order valence-electron chi connectivity index (χ3n) is 9.83. The van der Waals surface area contributed by atoms with Crippen molar-refractivity contribution in [2.45, 2.75) is 62.3 Å². The molecule has 3 aromatic carbocycles. The highest BCUT2D eigenvalue weighted by atomic mass is 14.6. The molecular formula is C42H42BN3. The summed E-state index contributed by atoms with van der Waals surface area (Å²) in [6.45, 7) is 20.5. The van der Waals surface area contributed by atoms with Crippen LogP contribution in [0, 0.1) is 62.3 Å². The van der Waals surface area contributed by atoms with Crippen LogP contribution in [0.5, 0.6) is 0 Å². The van der Waals surface area contributed by atoms with Gasteiger partial charge >= 0.3 is 0 Å². The van der Waals surface area contributed by atoms with E-state index in [0.717, 1.165) is 11.1 Å². The van der Waals surface area contributed by atoms with E-state index >= 15 is 0 Å². The average Bonchev–Trinajstić information content (AvgIpc) is 3.02. The zero-order valence-electron chi connectivity index (χ0n) is 28.6. The van der Waals surface area contributed by atoms with Crippen LogP contribution >= 0.6 is 0 Å². The fraction of sp³-hybridized carbons (Fsp3) is 0.214. The van der Waals surface area contributed by atoms with Crippen molar-refractivity contribution in [3.63, 3.8) is 0 Å². The van der Waals surface area contributed by atoms with Crippen molar-refractivity contribution in [2.24, 2.45) is 0 Å². The normalized spacial score (nSPS) is 11.2. The molecule has 3 aromatic heterocycles. The average molecular weight is 600 g/mol. The molecule has 3 heterocycles. The lowest BCUT2D eigenvalue weighted by Crippen LogP contribution is -2.58. The predicted molar refractivity (Wildman–Crippen MR) is 196 cm³/mol. The van der Waals surface area contributed by atoms with Gasteiger partial charge in [0.2, 0.25) is 6.71 Å². The number of aryl methyl sites for hydroxylation is 6. The molecule has 0 N–H and O–H groups in total. The van der Waals surface area contributed by atoms with E-state index in [1.807, 2.05) is 49.3 Å². The topological polar surface area (TPSA) is 38.7 Å². The van der Waals surface area contributed by atoms with Crippen molar-refractivity contribution in [1.29, 1.82) is 0 Å². The quantitative estimate of drug-likeness (QED) is 0.181. The van der Waals surface area contributed by atoms with E-state index in [0.29, 0.717) is 0 Å². The van der Waals surface area contributed by atoms with Crippen molar-refractivity contribution in [3.05, 3.63) is 142 Å². The molecule has 0 aliphatic heterocycles. The summed E-state index contributed by atoms with van der Waals surface area (Å²) in [4.78, 5) is 13.4. The molecule has 0 unspecified atom stereocenters. The molecule has 0 bridgehead atoms. The predicted octanol–water partition coefficient (Wildman–Crippen LogP) is 8.16. The van der Waals surface area contributed by atoms with Crippen LogP contribution < -0.4 is 16.4 Å². The number of pyridine rings is 3. The third-order valence-corrected chi connectivity index (χ3v) is 9.83. The molecule has 0 saturated carbocycles. The SMILES string of the molecule is Cc1cc(C)c(-c2ccncc2)c(C)c1B(c1c(C)cc(C)c(-c2cccnc2)c1C)c1c(C)cc(C)c(-c2cccnc2)c1C. The van der Waals surface area contributed by atoms with Gasteiger partial charge in [0, 0.05) is 48.3 Å². The highest BCUT2D eigenvalue weighted by molar-refractivity contribution is 6.97. The zero-order valence-corrected chi connectivity index (χ0v) is 28.6. The Bertz CT molecular complexity index is 1830. The first kappa shape index (κ1) is 31.2. The number of benzene rings is 3. The summed E-state index contributed by atoms with van der Waals surface area (Å²) in [6, 6.07) is 19.8. The molecule has 0 spiro atoms. The third kappa shape index (κ3) is 5.36. The molecule has 6 rings (SSSR count). The van der Waals surface area contributed by atoms with Crippen molar-refractivity contribution in [3.8, 4) is 33.4 Å². The van der Waals surface area contributed by atoms with Gasteiger partial charge in [0.25, 0.3) is 0 Å². The molecule has 0 saturated heterocycles. The Balaban J connectivity index is 1.77. The molecular weight excluding hydrogens is 557 g/mol. The van der Waals surface area contributed by atoms with Crippen LogP contribution in [0.15, 0.2) is 91.8 Å². The fourth-order valence-electron chi connectivity index (χ4n) is 8.24. The van der Waals surface area contributed by atoms with Crippen molar-refractivity contribution in [2.75, 3.05) is 0 Å². The van der Waals surface area contributed by atoms with Gasteiger partial charge in [0.1, 0.15) is 0 Å². The van der Waals surface area contributed by atoms with Crippen LogP contribution in [-0.4, -0.2) is 21.7 Å². The van der Waals surface area contributed by atoms with E-state index < -0.39 is 0 Å². The summed E-state index contributed by atoms with van der Waals surface area (Å²) in [5, 5.41) is 0. The van der Waals surface area contributed by atoms with Crippen molar-refractivity contribution >= 4 is 23.1 Å². The van der Waals surface area contributed by atoms with Gasteiger partial charge in [-0.15, -0.1) is 0 Å². The van der Waals surface area contributed by atoms with Crippen LogP contribution in [0.4, 0.5) is 0 Å². The second kappa shape index (κ2) is 12.5. The molecule has 228 valence electrons. The van der Waals surface area contributed by atoms with Crippen LogP contribution in [0.25, 0.3) is 33.4 Å². The first-order valence-electron chi connectivity index (χ1n) is 16.1. The maximum Gasteiger partial charge on any atom is 0.243 e. The highest BCUT2D eigenvalue weighted by Gasteiger charge is 2.34. The Hall–Kier alpha value is -4.83. The zero-order chi connectivity index (χ0) is 32.7. The summed E-state index contributed by atoms with van der Waals surface area (Å²) in [7, 11) is 0. The summed E-state index contributed by atoms with van der Waals surface area (Å²) in [6.07, 6.45) is 11.5. The molecule has 3 nitrogen and oxygen atoms in total. The highest BCUT2D eigenvalue weighted by Crippen LogP contribution is 2.32. The first-order valence-corrected chi connectivity index (χ1v) is 16.1. The monoisotopic (exact) mass is 599 g/mol. The Morgan fingerprint density at radius 3 is 1.11 bits per heavy atom. The van der Waals surface area contributed by atoms with E-state index in [1.165, 1.54) is 88.7 Å². The van der Waals surface area contributed by atoms with Crippen LogP contribution in [0.1, 0.15) is 50.1 Å². The summed E-state index contributed by atoms with van der Waals surface area (Å²) in [5.41, 5.74) is 23.1. The van der Waals surface area contributed by atoms with Gasteiger partial charge in [-0.25, -0.2) is 0 Å². The van der Waals surface area contributed by atoms with E-state index in [2.05, 4.69) is 120 Å². The summed E-state index contributed by atoms with van der Waals surface area (Å²) in [5.74, 6) is 0. The van der Waals surface area contributed by atoms with Crippen molar-refractivity contribution in [1.82, 2.24) is 15.0 Å².